The molecule has 0 aliphatic rings. The zero-order valence-electron chi connectivity index (χ0n) is 10.5. The maximum Gasteiger partial charge on any atom is 0.0620 e. The first-order valence-electron chi connectivity index (χ1n) is 6.05. The van der Waals surface area contributed by atoms with Crippen molar-refractivity contribution in [2.24, 2.45) is 5.73 Å². The average molecular weight is 221 g/mol. The molecule has 0 saturated heterocycles. The molecule has 2 atom stereocenters. The van der Waals surface area contributed by atoms with Gasteiger partial charge in [0, 0.05) is 12.5 Å². The van der Waals surface area contributed by atoms with Crippen molar-refractivity contribution in [3.63, 3.8) is 0 Å². The van der Waals surface area contributed by atoms with Gasteiger partial charge in [-0.05, 0) is 37.0 Å². The third-order valence-electron chi connectivity index (χ3n) is 3.26. The molecule has 16 heavy (non-hydrogen) atoms. The number of nitrogens with two attached hydrogens (primary N) is 1. The van der Waals surface area contributed by atoms with Crippen LogP contribution in [0.25, 0.3) is 0 Å². The highest BCUT2D eigenvalue weighted by molar-refractivity contribution is 5.32. The van der Waals surface area contributed by atoms with Crippen molar-refractivity contribution in [3.8, 4) is 0 Å². The lowest BCUT2D eigenvalue weighted by Gasteiger charge is -2.22. The summed E-state index contributed by atoms with van der Waals surface area (Å²) in [6.45, 7) is 6.78. The minimum atomic E-state index is -0.322. The molecule has 3 N–H and O–H groups in total. The quantitative estimate of drug-likeness (QED) is 0.802. The molecule has 0 spiro atoms. The van der Waals surface area contributed by atoms with Gasteiger partial charge in [0.15, 0.2) is 0 Å². The molecule has 1 aromatic rings. The predicted molar refractivity (Wildman–Crippen MR) is 68.6 cm³/mol. The van der Waals surface area contributed by atoms with Crippen molar-refractivity contribution < 1.29 is 5.11 Å². The highest BCUT2D eigenvalue weighted by Gasteiger charge is 2.19. The first-order valence-corrected chi connectivity index (χ1v) is 6.05. The second kappa shape index (κ2) is 6.02. The molecule has 0 aliphatic carbocycles. The van der Waals surface area contributed by atoms with Crippen LogP contribution in [-0.4, -0.2) is 17.8 Å². The number of aliphatic hydroxyl groups excluding tert-OH is 1. The lowest BCUT2D eigenvalue weighted by Crippen LogP contribution is -2.25. The van der Waals surface area contributed by atoms with Crippen LogP contribution in [0.3, 0.4) is 0 Å². The summed E-state index contributed by atoms with van der Waals surface area (Å²) in [5, 5.41) is 10.0. The summed E-state index contributed by atoms with van der Waals surface area (Å²) >= 11 is 0. The maximum absolute atomic E-state index is 10.0. The summed E-state index contributed by atoms with van der Waals surface area (Å²) < 4.78 is 0. The predicted octanol–water partition coefficient (Wildman–Crippen LogP) is 2.51. The Balaban J connectivity index is 2.90. The SMILES string of the molecule is CCCC(O)C(CN)c1ccc(C)c(C)c1. The first kappa shape index (κ1) is 13.2. The normalized spacial score (nSPS) is 14.8. The van der Waals surface area contributed by atoms with E-state index in [0.717, 1.165) is 18.4 Å². The molecule has 2 unspecified atom stereocenters. The van der Waals surface area contributed by atoms with Crippen LogP contribution in [0, 0.1) is 13.8 Å². The molecular formula is C14H23NO. The van der Waals surface area contributed by atoms with E-state index in [0.29, 0.717) is 6.54 Å². The average Bonchev–Trinajstić information content (AvgIpc) is 2.25. The fourth-order valence-corrected chi connectivity index (χ4v) is 2.01. The van der Waals surface area contributed by atoms with Crippen LogP contribution >= 0.6 is 0 Å². The van der Waals surface area contributed by atoms with Crippen LogP contribution in [0.5, 0.6) is 0 Å². The lowest BCUT2D eigenvalue weighted by atomic mass is 9.89. The van der Waals surface area contributed by atoms with Gasteiger partial charge in [-0.2, -0.15) is 0 Å². The van der Waals surface area contributed by atoms with Crippen molar-refractivity contribution in [2.45, 2.75) is 45.6 Å². The Hall–Kier alpha value is -0.860. The number of hydrogen-bond acceptors (Lipinski definition) is 2. The topological polar surface area (TPSA) is 46.2 Å². The smallest absolute Gasteiger partial charge is 0.0620 e. The van der Waals surface area contributed by atoms with Gasteiger partial charge < -0.3 is 10.8 Å². The van der Waals surface area contributed by atoms with Gasteiger partial charge in [-0.3, -0.25) is 0 Å². The number of hydrogen-bond donors (Lipinski definition) is 2. The summed E-state index contributed by atoms with van der Waals surface area (Å²) in [5.41, 5.74) is 9.47. The summed E-state index contributed by atoms with van der Waals surface area (Å²) in [6, 6.07) is 6.33. The fraction of sp³-hybridized carbons (Fsp3) is 0.571. The third-order valence-corrected chi connectivity index (χ3v) is 3.26. The van der Waals surface area contributed by atoms with Gasteiger partial charge in [-0.25, -0.2) is 0 Å². The zero-order chi connectivity index (χ0) is 12.1. The van der Waals surface area contributed by atoms with E-state index in [2.05, 4.69) is 39.0 Å². The summed E-state index contributed by atoms with van der Waals surface area (Å²) in [5.74, 6) is 0.0687. The zero-order valence-corrected chi connectivity index (χ0v) is 10.5. The number of aryl methyl sites for hydroxylation is 2. The molecule has 0 radical (unpaired) electrons. The molecule has 2 heteroatoms. The number of aliphatic hydroxyl groups is 1. The van der Waals surface area contributed by atoms with Crippen molar-refractivity contribution in [1.29, 1.82) is 0 Å². The third kappa shape index (κ3) is 3.06. The van der Waals surface area contributed by atoms with Gasteiger partial charge >= 0.3 is 0 Å². The van der Waals surface area contributed by atoms with Gasteiger partial charge in [0.1, 0.15) is 0 Å². The summed E-state index contributed by atoms with van der Waals surface area (Å²) in [7, 11) is 0. The summed E-state index contributed by atoms with van der Waals surface area (Å²) in [6.07, 6.45) is 1.48. The lowest BCUT2D eigenvalue weighted by molar-refractivity contribution is 0.135. The van der Waals surface area contributed by atoms with Crippen LogP contribution in [-0.2, 0) is 0 Å². The van der Waals surface area contributed by atoms with E-state index in [-0.39, 0.29) is 12.0 Å². The highest BCUT2D eigenvalue weighted by Crippen LogP contribution is 2.23. The van der Waals surface area contributed by atoms with Gasteiger partial charge in [-0.15, -0.1) is 0 Å². The van der Waals surface area contributed by atoms with E-state index < -0.39 is 0 Å². The Morgan fingerprint density at radius 1 is 1.25 bits per heavy atom. The Kier molecular flexibility index (Phi) is 4.97. The largest absolute Gasteiger partial charge is 0.392 e. The Morgan fingerprint density at radius 2 is 1.94 bits per heavy atom. The van der Waals surface area contributed by atoms with E-state index in [4.69, 9.17) is 5.73 Å². The Bertz CT molecular complexity index is 336. The van der Waals surface area contributed by atoms with Gasteiger partial charge in [0.25, 0.3) is 0 Å². The molecule has 1 rings (SSSR count). The number of benzene rings is 1. The molecule has 0 aliphatic heterocycles. The first-order chi connectivity index (χ1) is 7.60. The molecular weight excluding hydrogens is 198 g/mol. The second-order valence-corrected chi connectivity index (χ2v) is 4.54. The second-order valence-electron chi connectivity index (χ2n) is 4.54. The number of rotatable bonds is 5. The van der Waals surface area contributed by atoms with E-state index >= 15 is 0 Å². The molecule has 0 fully saturated rings. The van der Waals surface area contributed by atoms with E-state index in [9.17, 15) is 5.11 Å². The molecule has 0 bridgehead atoms. The standard InChI is InChI=1S/C14H23NO/c1-4-5-14(16)13(9-15)12-7-6-10(2)11(3)8-12/h6-8,13-14,16H,4-5,9,15H2,1-3H3. The molecule has 0 heterocycles. The van der Waals surface area contributed by atoms with Crippen LogP contribution < -0.4 is 5.73 Å². The monoisotopic (exact) mass is 221 g/mol. The van der Waals surface area contributed by atoms with E-state index in [1.807, 2.05) is 0 Å². The van der Waals surface area contributed by atoms with E-state index in [1.54, 1.807) is 0 Å². The van der Waals surface area contributed by atoms with Crippen LogP contribution in [0.1, 0.15) is 42.4 Å². The van der Waals surface area contributed by atoms with Crippen molar-refractivity contribution in [3.05, 3.63) is 34.9 Å². The van der Waals surface area contributed by atoms with Gasteiger partial charge in [-0.1, -0.05) is 31.5 Å². The molecule has 90 valence electrons. The van der Waals surface area contributed by atoms with Gasteiger partial charge in [0.05, 0.1) is 6.10 Å². The minimum absolute atomic E-state index is 0.0687. The molecule has 0 aromatic heterocycles. The maximum atomic E-state index is 10.0. The Morgan fingerprint density at radius 3 is 2.44 bits per heavy atom. The van der Waals surface area contributed by atoms with Crippen LogP contribution in [0.4, 0.5) is 0 Å². The molecule has 2 nitrogen and oxygen atoms in total. The Labute approximate surface area is 98.5 Å². The van der Waals surface area contributed by atoms with Crippen molar-refractivity contribution in [1.82, 2.24) is 0 Å². The van der Waals surface area contributed by atoms with E-state index in [1.165, 1.54) is 11.1 Å². The molecule has 0 amide bonds. The van der Waals surface area contributed by atoms with Crippen molar-refractivity contribution >= 4 is 0 Å². The highest BCUT2D eigenvalue weighted by atomic mass is 16.3. The fourth-order valence-electron chi connectivity index (χ4n) is 2.01. The van der Waals surface area contributed by atoms with Crippen LogP contribution in [0.15, 0.2) is 18.2 Å². The van der Waals surface area contributed by atoms with Crippen molar-refractivity contribution in [2.75, 3.05) is 6.54 Å². The minimum Gasteiger partial charge on any atom is -0.392 e. The molecule has 0 saturated carbocycles. The van der Waals surface area contributed by atoms with Gasteiger partial charge in [0.2, 0.25) is 0 Å². The molecule has 1 aromatic carbocycles. The van der Waals surface area contributed by atoms with Crippen LogP contribution in [0.2, 0.25) is 0 Å². The summed E-state index contributed by atoms with van der Waals surface area (Å²) in [4.78, 5) is 0.